The van der Waals surface area contributed by atoms with Crippen LogP contribution in [0, 0.1) is 5.82 Å². The van der Waals surface area contributed by atoms with E-state index in [0.717, 1.165) is 43.8 Å². The van der Waals surface area contributed by atoms with Crippen molar-refractivity contribution in [3.63, 3.8) is 0 Å². The number of morpholine rings is 1. The van der Waals surface area contributed by atoms with Gasteiger partial charge in [-0.25, -0.2) is 9.37 Å². The summed E-state index contributed by atoms with van der Waals surface area (Å²) in [4.78, 5) is 19.5. The minimum Gasteiger partial charge on any atom is -0.379 e. The smallest absolute Gasteiger partial charge is 0.195 e. The third-order valence-electron chi connectivity index (χ3n) is 4.85. The lowest BCUT2D eigenvalue weighted by molar-refractivity contribution is 0.0365. The highest BCUT2D eigenvalue weighted by atomic mass is 35.5. The van der Waals surface area contributed by atoms with Gasteiger partial charge < -0.3 is 9.30 Å². The Morgan fingerprint density at radius 1 is 1.15 bits per heavy atom. The molecule has 0 atom stereocenters. The first kappa shape index (κ1) is 18.1. The Morgan fingerprint density at radius 3 is 2.63 bits per heavy atom. The molecule has 4 rings (SSSR count). The molecule has 5 nitrogen and oxygen atoms in total. The highest BCUT2D eigenvalue weighted by molar-refractivity contribution is 6.34. The van der Waals surface area contributed by atoms with Gasteiger partial charge in [0.15, 0.2) is 10.9 Å². The molecule has 0 amide bonds. The molecule has 140 valence electrons. The van der Waals surface area contributed by atoms with Crippen molar-refractivity contribution < 1.29 is 13.9 Å². The van der Waals surface area contributed by atoms with Crippen molar-refractivity contribution in [3.05, 3.63) is 64.8 Å². The first-order chi connectivity index (χ1) is 13.1. The molecule has 2 aromatic heterocycles. The number of ketones is 1. The molecular weight excluding hydrogens is 369 g/mol. The number of nitrogens with zero attached hydrogens (tertiary/aromatic N) is 3. The fraction of sp³-hybridized carbons (Fsp3) is 0.300. The molecule has 1 fully saturated rings. The number of carbonyl (C=O) groups is 1. The van der Waals surface area contributed by atoms with Crippen molar-refractivity contribution >= 4 is 28.3 Å². The van der Waals surface area contributed by atoms with Crippen LogP contribution >= 0.6 is 11.6 Å². The zero-order valence-electron chi connectivity index (χ0n) is 14.7. The normalized spacial score (nSPS) is 15.3. The first-order valence-electron chi connectivity index (χ1n) is 8.87. The molecule has 0 saturated carbocycles. The molecule has 1 aliphatic heterocycles. The van der Waals surface area contributed by atoms with Crippen LogP contribution in [0.25, 0.3) is 10.9 Å². The Labute approximate surface area is 161 Å². The zero-order chi connectivity index (χ0) is 18.8. The van der Waals surface area contributed by atoms with E-state index in [1.54, 1.807) is 12.3 Å². The van der Waals surface area contributed by atoms with E-state index in [-0.39, 0.29) is 11.6 Å². The van der Waals surface area contributed by atoms with Gasteiger partial charge in [0.25, 0.3) is 0 Å². The molecule has 3 heterocycles. The molecule has 0 N–H and O–H groups in total. The molecule has 0 bridgehead atoms. The number of benzene rings is 1. The minimum absolute atomic E-state index is 0.160. The Morgan fingerprint density at radius 2 is 1.89 bits per heavy atom. The van der Waals surface area contributed by atoms with Crippen LogP contribution in [0.2, 0.25) is 5.15 Å². The number of pyridine rings is 1. The number of ether oxygens (including phenoxy) is 1. The van der Waals surface area contributed by atoms with Crippen LogP contribution in [-0.2, 0) is 11.3 Å². The van der Waals surface area contributed by atoms with Crippen molar-refractivity contribution in [2.75, 3.05) is 32.8 Å². The van der Waals surface area contributed by atoms with Crippen LogP contribution in [0.5, 0.6) is 0 Å². The summed E-state index contributed by atoms with van der Waals surface area (Å²) in [5.41, 5.74) is 1.73. The SMILES string of the molecule is O=C(c1ccc(F)cc1)c1cn(CCN2CCOCC2)c2c(Cl)nccc12. The predicted octanol–water partition coefficient (Wildman–Crippen LogP) is 3.39. The first-order valence-corrected chi connectivity index (χ1v) is 9.25. The molecule has 0 aliphatic carbocycles. The molecule has 3 aromatic rings. The summed E-state index contributed by atoms with van der Waals surface area (Å²) in [5.74, 6) is -0.529. The maximum absolute atomic E-state index is 13.2. The van der Waals surface area contributed by atoms with E-state index in [1.165, 1.54) is 24.3 Å². The molecule has 0 unspecified atom stereocenters. The monoisotopic (exact) mass is 387 g/mol. The Hall–Kier alpha value is -2.28. The van der Waals surface area contributed by atoms with Gasteiger partial charge in [0.1, 0.15) is 5.82 Å². The summed E-state index contributed by atoms with van der Waals surface area (Å²) >= 11 is 6.34. The van der Waals surface area contributed by atoms with Crippen LogP contribution in [0.3, 0.4) is 0 Å². The Bertz CT molecular complexity index is 965. The average Bonchev–Trinajstić information content (AvgIpc) is 3.07. The molecule has 1 aromatic carbocycles. The number of halogens is 2. The highest BCUT2D eigenvalue weighted by Gasteiger charge is 2.20. The molecular formula is C20H19ClFN3O2. The van der Waals surface area contributed by atoms with Crippen molar-refractivity contribution in [1.29, 1.82) is 0 Å². The summed E-state index contributed by atoms with van der Waals surface area (Å²) in [6, 6.07) is 7.37. The largest absolute Gasteiger partial charge is 0.379 e. The van der Waals surface area contributed by atoms with E-state index < -0.39 is 0 Å². The van der Waals surface area contributed by atoms with Gasteiger partial charge in [-0.2, -0.15) is 0 Å². The maximum Gasteiger partial charge on any atom is 0.195 e. The zero-order valence-corrected chi connectivity index (χ0v) is 15.5. The van der Waals surface area contributed by atoms with E-state index in [4.69, 9.17) is 16.3 Å². The standard InChI is InChI=1S/C20H19ClFN3O2/c21-20-18-16(5-6-23-20)17(19(26)14-1-3-15(22)4-2-14)13-25(18)8-7-24-9-11-27-12-10-24/h1-6,13H,7-12H2. The van der Waals surface area contributed by atoms with E-state index >= 15 is 0 Å². The van der Waals surface area contributed by atoms with Gasteiger partial charge in [-0.1, -0.05) is 11.6 Å². The van der Waals surface area contributed by atoms with Gasteiger partial charge in [-0.15, -0.1) is 0 Å². The fourth-order valence-corrected chi connectivity index (χ4v) is 3.66. The van der Waals surface area contributed by atoms with Crippen LogP contribution < -0.4 is 0 Å². The molecule has 7 heteroatoms. The topological polar surface area (TPSA) is 47.4 Å². The Kier molecular flexibility index (Phi) is 5.20. The van der Waals surface area contributed by atoms with E-state index in [9.17, 15) is 9.18 Å². The van der Waals surface area contributed by atoms with Crippen LogP contribution in [0.15, 0.2) is 42.7 Å². The van der Waals surface area contributed by atoms with Crippen LogP contribution in [0.4, 0.5) is 4.39 Å². The second kappa shape index (κ2) is 7.76. The third kappa shape index (κ3) is 3.74. The van der Waals surface area contributed by atoms with Crippen molar-refractivity contribution in [3.8, 4) is 0 Å². The molecule has 27 heavy (non-hydrogen) atoms. The summed E-state index contributed by atoms with van der Waals surface area (Å²) in [6.07, 6.45) is 3.42. The molecule has 0 radical (unpaired) electrons. The number of hydrogen-bond donors (Lipinski definition) is 0. The van der Waals surface area contributed by atoms with Gasteiger partial charge in [-0.05, 0) is 30.3 Å². The molecule has 1 aliphatic rings. The van der Waals surface area contributed by atoms with Gasteiger partial charge in [-0.3, -0.25) is 9.69 Å². The number of fused-ring (bicyclic) bond motifs is 1. The lowest BCUT2D eigenvalue weighted by Gasteiger charge is -2.26. The lowest BCUT2D eigenvalue weighted by atomic mass is 10.0. The van der Waals surface area contributed by atoms with Gasteiger partial charge in [0.2, 0.25) is 0 Å². The number of rotatable bonds is 5. The van der Waals surface area contributed by atoms with Crippen molar-refractivity contribution in [1.82, 2.24) is 14.5 Å². The van der Waals surface area contributed by atoms with Gasteiger partial charge >= 0.3 is 0 Å². The van der Waals surface area contributed by atoms with Crippen LogP contribution in [-0.4, -0.2) is 53.1 Å². The number of aromatic nitrogens is 2. The number of hydrogen-bond acceptors (Lipinski definition) is 4. The fourth-order valence-electron chi connectivity index (χ4n) is 3.40. The van der Waals surface area contributed by atoms with E-state index in [0.29, 0.717) is 22.8 Å². The predicted molar refractivity (Wildman–Crippen MR) is 102 cm³/mol. The van der Waals surface area contributed by atoms with E-state index in [1.807, 2.05) is 10.8 Å². The highest BCUT2D eigenvalue weighted by Crippen LogP contribution is 2.28. The molecule has 0 spiro atoms. The average molecular weight is 388 g/mol. The van der Waals surface area contributed by atoms with Gasteiger partial charge in [0.05, 0.1) is 18.7 Å². The maximum atomic E-state index is 13.2. The van der Waals surface area contributed by atoms with Crippen LogP contribution in [0.1, 0.15) is 15.9 Å². The molecule has 1 saturated heterocycles. The quantitative estimate of drug-likeness (QED) is 0.497. The summed E-state index contributed by atoms with van der Waals surface area (Å²) in [5, 5.41) is 1.12. The minimum atomic E-state index is -0.369. The van der Waals surface area contributed by atoms with Crippen molar-refractivity contribution in [2.24, 2.45) is 0 Å². The summed E-state index contributed by atoms with van der Waals surface area (Å²) in [7, 11) is 0. The Balaban J connectivity index is 1.67. The van der Waals surface area contributed by atoms with E-state index in [2.05, 4.69) is 9.88 Å². The summed E-state index contributed by atoms with van der Waals surface area (Å²) < 4.78 is 20.6. The second-order valence-electron chi connectivity index (χ2n) is 6.52. The second-order valence-corrected chi connectivity index (χ2v) is 6.88. The number of carbonyl (C=O) groups excluding carboxylic acids is 1. The lowest BCUT2D eigenvalue weighted by Crippen LogP contribution is -2.38. The summed E-state index contributed by atoms with van der Waals surface area (Å²) in [6.45, 7) is 4.80. The third-order valence-corrected chi connectivity index (χ3v) is 5.13. The van der Waals surface area contributed by atoms with Gasteiger partial charge in [0, 0.05) is 55.1 Å². The van der Waals surface area contributed by atoms with Crippen molar-refractivity contribution in [2.45, 2.75) is 6.54 Å².